The Labute approximate surface area is 200 Å². The summed E-state index contributed by atoms with van der Waals surface area (Å²) in [6, 6.07) is 0. The molecule has 32 heavy (non-hydrogen) atoms. The number of esters is 1. The lowest BCUT2D eigenvalue weighted by atomic mass is 9.49. The first-order valence-electron chi connectivity index (χ1n) is 14.0. The molecule has 4 rings (SSSR count). The Morgan fingerprint density at radius 1 is 0.969 bits per heavy atom. The molecule has 0 radical (unpaired) electrons. The van der Waals surface area contributed by atoms with E-state index in [1.54, 1.807) is 5.57 Å². The topological polar surface area (TPSA) is 26.3 Å². The van der Waals surface area contributed by atoms with Crippen LogP contribution in [0.1, 0.15) is 126 Å². The number of rotatable bonds is 4. The summed E-state index contributed by atoms with van der Waals surface area (Å²) < 4.78 is 4.81. The third kappa shape index (κ3) is 5.71. The normalized spacial score (nSPS) is 34.2. The molecule has 0 aliphatic heterocycles. The second-order valence-corrected chi connectivity index (χ2v) is 9.83. The maximum atomic E-state index is 11.5. The van der Waals surface area contributed by atoms with Gasteiger partial charge in [-0.15, -0.1) is 0 Å². The van der Waals surface area contributed by atoms with Crippen LogP contribution in [-0.2, 0) is 9.53 Å². The van der Waals surface area contributed by atoms with Gasteiger partial charge in [-0.25, -0.2) is 0 Å². The molecule has 2 nitrogen and oxygen atoms in total. The Balaban J connectivity index is 0.000000789. The number of methoxy groups -OCH3 is 1. The van der Waals surface area contributed by atoms with Crippen LogP contribution in [0, 0.1) is 28.6 Å². The second-order valence-electron chi connectivity index (χ2n) is 9.83. The Kier molecular flexibility index (Phi) is 12.3. The van der Waals surface area contributed by atoms with Crippen molar-refractivity contribution in [2.75, 3.05) is 7.11 Å². The van der Waals surface area contributed by atoms with Gasteiger partial charge in [0.25, 0.3) is 0 Å². The summed E-state index contributed by atoms with van der Waals surface area (Å²) in [4.78, 5) is 11.5. The van der Waals surface area contributed by atoms with Crippen molar-refractivity contribution in [1.82, 2.24) is 0 Å². The number of ether oxygens (including phenoxy) is 1. The van der Waals surface area contributed by atoms with Gasteiger partial charge in [0.15, 0.2) is 0 Å². The maximum Gasteiger partial charge on any atom is 0.305 e. The van der Waals surface area contributed by atoms with Crippen LogP contribution >= 0.6 is 0 Å². The van der Waals surface area contributed by atoms with Crippen molar-refractivity contribution in [2.45, 2.75) is 126 Å². The third-order valence-corrected chi connectivity index (χ3v) is 8.74. The van der Waals surface area contributed by atoms with Crippen LogP contribution in [0.3, 0.4) is 0 Å². The molecule has 0 heterocycles. The highest BCUT2D eigenvalue weighted by molar-refractivity contribution is 5.69. The average molecular weight is 447 g/mol. The lowest BCUT2D eigenvalue weighted by Crippen LogP contribution is -2.46. The fourth-order valence-corrected chi connectivity index (χ4v) is 7.14. The first-order valence-corrected chi connectivity index (χ1v) is 14.0. The Morgan fingerprint density at radius 3 is 2.31 bits per heavy atom. The number of fused-ring (bicyclic) bond motifs is 5. The summed E-state index contributed by atoms with van der Waals surface area (Å²) in [6.45, 7) is 17.1. The lowest BCUT2D eigenvalue weighted by molar-refractivity contribution is -0.140. The zero-order valence-electron chi connectivity index (χ0n) is 23.0. The molecule has 0 aromatic rings. The molecule has 4 aliphatic carbocycles. The van der Waals surface area contributed by atoms with E-state index >= 15 is 0 Å². The largest absolute Gasteiger partial charge is 0.469 e. The molecule has 0 aromatic heterocycles. The first-order chi connectivity index (χ1) is 15.5. The minimum absolute atomic E-state index is 0.0697. The van der Waals surface area contributed by atoms with Gasteiger partial charge in [0.1, 0.15) is 0 Å². The lowest BCUT2D eigenvalue weighted by Gasteiger charge is -2.56. The number of hydrogen-bond acceptors (Lipinski definition) is 2. The van der Waals surface area contributed by atoms with Crippen LogP contribution in [0.4, 0.5) is 0 Å². The van der Waals surface area contributed by atoms with Crippen molar-refractivity contribution in [2.24, 2.45) is 28.6 Å². The van der Waals surface area contributed by atoms with Crippen LogP contribution in [0.5, 0.6) is 0 Å². The summed E-state index contributed by atoms with van der Waals surface area (Å²) >= 11 is 0. The Morgan fingerprint density at radius 2 is 1.66 bits per heavy atom. The maximum absolute atomic E-state index is 11.5. The van der Waals surface area contributed by atoms with Gasteiger partial charge in [-0.1, -0.05) is 91.5 Å². The molecule has 0 spiro atoms. The fourth-order valence-electron chi connectivity index (χ4n) is 7.14. The summed E-state index contributed by atoms with van der Waals surface area (Å²) in [5.41, 5.74) is 4.30. The SMILES string of the molecule is CC.CC.CC.COC(=O)CCCC1=CCC2C3CCC4CCCCC4(C)C3=CCC12C. The van der Waals surface area contributed by atoms with Crippen LogP contribution in [0.2, 0.25) is 0 Å². The highest BCUT2D eigenvalue weighted by atomic mass is 16.5. The smallest absolute Gasteiger partial charge is 0.305 e. The second kappa shape index (κ2) is 13.6. The van der Waals surface area contributed by atoms with Crippen LogP contribution < -0.4 is 0 Å². The van der Waals surface area contributed by atoms with E-state index in [-0.39, 0.29) is 5.97 Å². The molecular formula is C30H54O2. The number of carbonyl (C=O) groups excluding carboxylic acids is 1. The van der Waals surface area contributed by atoms with Gasteiger partial charge in [-0.05, 0) is 80.0 Å². The molecule has 2 fully saturated rings. The molecule has 186 valence electrons. The molecular weight excluding hydrogens is 392 g/mol. The molecule has 4 aliphatic rings. The van der Waals surface area contributed by atoms with Gasteiger partial charge in [0, 0.05) is 6.42 Å². The van der Waals surface area contributed by atoms with Crippen molar-refractivity contribution < 1.29 is 9.53 Å². The Bertz CT molecular complexity index is 631. The molecule has 2 heteroatoms. The van der Waals surface area contributed by atoms with Gasteiger partial charge in [-0.2, -0.15) is 0 Å². The molecule has 2 saturated carbocycles. The predicted molar refractivity (Wildman–Crippen MR) is 140 cm³/mol. The summed E-state index contributed by atoms with van der Waals surface area (Å²) in [5.74, 6) is 2.48. The molecule has 0 N–H and O–H groups in total. The van der Waals surface area contributed by atoms with Gasteiger partial charge in [0.2, 0.25) is 0 Å². The van der Waals surface area contributed by atoms with Gasteiger partial charge in [-0.3, -0.25) is 4.79 Å². The van der Waals surface area contributed by atoms with Crippen LogP contribution in [0.25, 0.3) is 0 Å². The monoisotopic (exact) mass is 446 g/mol. The number of allylic oxidation sites excluding steroid dienone is 4. The van der Waals surface area contributed by atoms with Crippen molar-refractivity contribution in [1.29, 1.82) is 0 Å². The standard InChI is InChI=1S/C24H36O2.3C2H6/c1-23-15-5-4-7-17(23)10-12-19-20-13-11-18(8-6-9-22(25)26-3)24(20,2)16-14-21(19)23;3*1-2/h11,14,17,19-20H,4-10,12-13,15-16H2,1-3H3;3*1-2H3. The fraction of sp³-hybridized carbons (Fsp3) is 0.833. The van der Waals surface area contributed by atoms with Crippen molar-refractivity contribution in [3.05, 3.63) is 23.3 Å². The minimum Gasteiger partial charge on any atom is -0.469 e. The van der Waals surface area contributed by atoms with E-state index in [9.17, 15) is 4.79 Å². The quantitative estimate of drug-likeness (QED) is 0.317. The molecule has 5 unspecified atom stereocenters. The van der Waals surface area contributed by atoms with E-state index in [0.29, 0.717) is 17.3 Å². The van der Waals surface area contributed by atoms with Gasteiger partial charge >= 0.3 is 5.97 Å². The molecule has 0 aromatic carbocycles. The zero-order chi connectivity index (χ0) is 24.4. The summed E-state index contributed by atoms with van der Waals surface area (Å²) in [6.07, 6.45) is 18.9. The minimum atomic E-state index is -0.0697. The van der Waals surface area contributed by atoms with Crippen molar-refractivity contribution in [3.8, 4) is 0 Å². The van der Waals surface area contributed by atoms with E-state index in [1.807, 2.05) is 47.1 Å². The predicted octanol–water partition coefficient (Wildman–Crippen LogP) is 9.30. The van der Waals surface area contributed by atoms with E-state index in [1.165, 1.54) is 58.5 Å². The Hall–Kier alpha value is -1.05. The highest BCUT2D eigenvalue weighted by Crippen LogP contribution is 2.64. The van der Waals surface area contributed by atoms with E-state index in [4.69, 9.17) is 4.74 Å². The third-order valence-electron chi connectivity index (χ3n) is 8.74. The average Bonchev–Trinajstić information content (AvgIpc) is 3.18. The first kappa shape index (κ1) is 29.0. The summed E-state index contributed by atoms with van der Waals surface area (Å²) in [5, 5.41) is 0. The van der Waals surface area contributed by atoms with Crippen molar-refractivity contribution in [3.63, 3.8) is 0 Å². The highest BCUT2D eigenvalue weighted by Gasteiger charge is 2.54. The summed E-state index contributed by atoms with van der Waals surface area (Å²) in [7, 11) is 1.49. The number of carbonyl (C=O) groups is 1. The van der Waals surface area contributed by atoms with E-state index in [2.05, 4.69) is 26.0 Å². The zero-order valence-corrected chi connectivity index (χ0v) is 23.0. The van der Waals surface area contributed by atoms with Crippen LogP contribution in [0.15, 0.2) is 23.3 Å². The molecule has 0 saturated heterocycles. The van der Waals surface area contributed by atoms with E-state index < -0.39 is 0 Å². The van der Waals surface area contributed by atoms with Gasteiger partial charge in [0.05, 0.1) is 7.11 Å². The molecule has 0 bridgehead atoms. The molecule has 5 atom stereocenters. The van der Waals surface area contributed by atoms with Crippen LogP contribution in [-0.4, -0.2) is 13.1 Å². The van der Waals surface area contributed by atoms with Gasteiger partial charge < -0.3 is 4.74 Å². The van der Waals surface area contributed by atoms with E-state index in [0.717, 1.165) is 30.6 Å². The van der Waals surface area contributed by atoms with Crippen molar-refractivity contribution >= 4 is 5.97 Å². The number of hydrogen-bond donors (Lipinski definition) is 0. The molecule has 0 amide bonds.